The number of nitro benzene ring substituents is 1. The maximum atomic E-state index is 12.6. The number of rotatable bonds is 9. The molecule has 0 aliphatic heterocycles. The van der Waals surface area contributed by atoms with Gasteiger partial charge in [-0.25, -0.2) is 4.98 Å². The number of nitrogens with one attached hydrogen (secondary N) is 1. The molecule has 0 radical (unpaired) electrons. The summed E-state index contributed by atoms with van der Waals surface area (Å²) in [6.45, 7) is 2.29. The number of non-ortho nitro benzene ring substituents is 1. The third-order valence-electron chi connectivity index (χ3n) is 4.32. The highest BCUT2D eigenvalue weighted by atomic mass is 127. The first kappa shape index (κ1) is 25.2. The Bertz CT molecular complexity index is 1190. The highest BCUT2D eigenvalue weighted by Crippen LogP contribution is 2.35. The summed E-state index contributed by atoms with van der Waals surface area (Å²) in [5.74, 6) is 1.08. The molecule has 0 unspecified atom stereocenters. The number of hydrazone groups is 1. The SMILES string of the molecule is CCOc1cc(/C=N\Nc2ccc(C(F)(F)F)cn2)cc(I)c1OCc1cccc([N+](=O)[O-])c1. The van der Waals surface area contributed by atoms with Gasteiger partial charge in [0.2, 0.25) is 0 Å². The largest absolute Gasteiger partial charge is 0.490 e. The Hall–Kier alpha value is -3.42. The molecule has 3 rings (SSSR count). The number of hydrogen-bond acceptors (Lipinski definition) is 7. The average molecular weight is 586 g/mol. The minimum atomic E-state index is -4.46. The Labute approximate surface area is 206 Å². The Morgan fingerprint density at radius 1 is 1.21 bits per heavy atom. The average Bonchev–Trinajstić information content (AvgIpc) is 2.79. The van der Waals surface area contributed by atoms with Crippen molar-refractivity contribution >= 4 is 40.3 Å². The van der Waals surface area contributed by atoms with Crippen molar-refractivity contribution in [1.82, 2.24) is 4.98 Å². The van der Waals surface area contributed by atoms with E-state index < -0.39 is 16.7 Å². The molecule has 0 fully saturated rings. The Morgan fingerprint density at radius 3 is 2.65 bits per heavy atom. The van der Waals surface area contributed by atoms with Crippen LogP contribution in [0, 0.1) is 13.7 Å². The molecule has 0 amide bonds. The number of benzene rings is 2. The molecular weight excluding hydrogens is 568 g/mol. The highest BCUT2D eigenvalue weighted by Gasteiger charge is 2.30. The lowest BCUT2D eigenvalue weighted by molar-refractivity contribution is -0.384. The summed E-state index contributed by atoms with van der Waals surface area (Å²) in [5, 5.41) is 15.0. The summed E-state index contributed by atoms with van der Waals surface area (Å²) >= 11 is 2.07. The molecule has 1 N–H and O–H groups in total. The van der Waals surface area contributed by atoms with Gasteiger partial charge in [0.1, 0.15) is 12.4 Å². The zero-order valence-electron chi connectivity index (χ0n) is 17.7. The second-order valence-electron chi connectivity index (χ2n) is 6.78. The van der Waals surface area contributed by atoms with Crippen LogP contribution in [0.5, 0.6) is 11.5 Å². The molecule has 12 heteroatoms. The number of halogens is 4. The molecule has 0 aliphatic carbocycles. The fourth-order valence-electron chi connectivity index (χ4n) is 2.78. The molecule has 1 aromatic heterocycles. The molecule has 34 heavy (non-hydrogen) atoms. The Balaban J connectivity index is 1.72. The number of anilines is 1. The molecule has 0 bridgehead atoms. The van der Waals surface area contributed by atoms with Gasteiger partial charge in [0, 0.05) is 18.3 Å². The summed E-state index contributed by atoms with van der Waals surface area (Å²) in [6.07, 6.45) is -2.27. The zero-order valence-corrected chi connectivity index (χ0v) is 19.8. The van der Waals surface area contributed by atoms with Gasteiger partial charge < -0.3 is 9.47 Å². The van der Waals surface area contributed by atoms with E-state index in [-0.39, 0.29) is 18.1 Å². The van der Waals surface area contributed by atoms with Gasteiger partial charge >= 0.3 is 6.18 Å². The first-order chi connectivity index (χ1) is 16.2. The van der Waals surface area contributed by atoms with Crippen LogP contribution in [-0.4, -0.2) is 22.7 Å². The van der Waals surface area contributed by atoms with Crippen LogP contribution in [-0.2, 0) is 12.8 Å². The second kappa shape index (κ2) is 11.1. The van der Waals surface area contributed by atoms with E-state index in [4.69, 9.17) is 9.47 Å². The number of alkyl halides is 3. The van der Waals surface area contributed by atoms with Crippen molar-refractivity contribution in [1.29, 1.82) is 0 Å². The Kier molecular flexibility index (Phi) is 8.26. The predicted molar refractivity (Wildman–Crippen MR) is 128 cm³/mol. The molecular formula is C22H18F3IN4O4. The molecule has 0 atom stereocenters. The molecule has 0 spiro atoms. The van der Waals surface area contributed by atoms with Gasteiger partial charge in [0.05, 0.1) is 26.9 Å². The number of pyridine rings is 1. The molecule has 8 nitrogen and oxygen atoms in total. The number of nitro groups is 1. The molecule has 3 aromatic rings. The minimum Gasteiger partial charge on any atom is -0.490 e. The van der Waals surface area contributed by atoms with E-state index in [2.05, 4.69) is 38.1 Å². The van der Waals surface area contributed by atoms with Crippen LogP contribution in [0.1, 0.15) is 23.6 Å². The number of ether oxygens (including phenoxy) is 2. The van der Waals surface area contributed by atoms with Gasteiger partial charge in [0.15, 0.2) is 11.5 Å². The van der Waals surface area contributed by atoms with Crippen molar-refractivity contribution in [3.8, 4) is 11.5 Å². The van der Waals surface area contributed by atoms with Crippen LogP contribution < -0.4 is 14.9 Å². The monoisotopic (exact) mass is 586 g/mol. The van der Waals surface area contributed by atoms with E-state index in [0.29, 0.717) is 32.8 Å². The third kappa shape index (κ3) is 6.79. The van der Waals surface area contributed by atoms with E-state index in [1.807, 2.05) is 6.92 Å². The lowest BCUT2D eigenvalue weighted by Gasteiger charge is -2.14. The minimum absolute atomic E-state index is 0.0255. The van der Waals surface area contributed by atoms with Gasteiger partial charge in [-0.1, -0.05) is 12.1 Å². The van der Waals surface area contributed by atoms with E-state index in [9.17, 15) is 23.3 Å². The van der Waals surface area contributed by atoms with Crippen LogP contribution in [0.25, 0.3) is 0 Å². The van der Waals surface area contributed by atoms with Gasteiger partial charge in [-0.15, -0.1) is 0 Å². The number of nitrogens with zero attached hydrogens (tertiary/aromatic N) is 3. The van der Waals surface area contributed by atoms with Gasteiger partial charge in [-0.05, 0) is 64.9 Å². The van der Waals surface area contributed by atoms with E-state index >= 15 is 0 Å². The van der Waals surface area contributed by atoms with E-state index in [1.165, 1.54) is 24.4 Å². The maximum absolute atomic E-state index is 12.6. The highest BCUT2D eigenvalue weighted by molar-refractivity contribution is 14.1. The predicted octanol–water partition coefficient (Wildman–Crippen LogP) is 6.04. The summed E-state index contributed by atoms with van der Waals surface area (Å²) in [4.78, 5) is 14.2. The number of hydrogen-bond donors (Lipinski definition) is 1. The summed E-state index contributed by atoms with van der Waals surface area (Å²) in [6, 6.07) is 11.7. The van der Waals surface area contributed by atoms with Gasteiger partial charge in [-0.2, -0.15) is 18.3 Å². The lowest BCUT2D eigenvalue weighted by atomic mass is 10.2. The third-order valence-corrected chi connectivity index (χ3v) is 5.12. The number of aromatic nitrogens is 1. The fourth-order valence-corrected chi connectivity index (χ4v) is 3.56. The quantitative estimate of drug-likeness (QED) is 0.142. The molecule has 0 saturated heterocycles. The summed E-state index contributed by atoms with van der Waals surface area (Å²) in [7, 11) is 0. The zero-order chi connectivity index (χ0) is 24.7. The van der Waals surface area contributed by atoms with Crippen LogP contribution >= 0.6 is 22.6 Å². The lowest BCUT2D eigenvalue weighted by Crippen LogP contribution is -2.05. The van der Waals surface area contributed by atoms with Crippen molar-refractivity contribution in [2.45, 2.75) is 19.7 Å². The molecule has 0 saturated carbocycles. The molecule has 178 valence electrons. The molecule has 0 aliphatic rings. The topological polar surface area (TPSA) is 98.9 Å². The van der Waals surface area contributed by atoms with E-state index in [0.717, 1.165) is 12.3 Å². The first-order valence-corrected chi connectivity index (χ1v) is 10.9. The maximum Gasteiger partial charge on any atom is 0.417 e. The normalized spacial score (nSPS) is 11.4. The van der Waals surface area contributed by atoms with Gasteiger partial charge in [0.25, 0.3) is 5.69 Å². The van der Waals surface area contributed by atoms with Crippen LogP contribution in [0.3, 0.4) is 0 Å². The smallest absolute Gasteiger partial charge is 0.417 e. The molecule has 1 heterocycles. The van der Waals surface area contributed by atoms with Crippen LogP contribution in [0.15, 0.2) is 59.8 Å². The van der Waals surface area contributed by atoms with Crippen molar-refractivity contribution < 1.29 is 27.6 Å². The Morgan fingerprint density at radius 2 is 2.00 bits per heavy atom. The van der Waals surface area contributed by atoms with Crippen molar-refractivity contribution in [2.24, 2.45) is 5.10 Å². The van der Waals surface area contributed by atoms with Crippen molar-refractivity contribution in [3.05, 3.63) is 85.1 Å². The standard InChI is InChI=1S/C22H18F3IN4O4/c1-2-33-19-10-15(11-28-29-20-7-6-16(12-27-20)22(23,24)25)9-18(26)21(19)34-13-14-4-3-5-17(8-14)30(31)32/h3-12H,2,13H2,1H3,(H,27,29)/b28-11-. The van der Waals surface area contributed by atoms with Crippen molar-refractivity contribution in [3.63, 3.8) is 0 Å². The first-order valence-electron chi connectivity index (χ1n) is 9.82. The fraction of sp³-hybridized carbons (Fsp3) is 0.182. The molecule has 2 aromatic carbocycles. The van der Waals surface area contributed by atoms with Gasteiger partial charge in [-0.3, -0.25) is 15.5 Å². The second-order valence-corrected chi connectivity index (χ2v) is 7.94. The summed E-state index contributed by atoms with van der Waals surface area (Å²) in [5.41, 5.74) is 2.98. The van der Waals surface area contributed by atoms with E-state index in [1.54, 1.807) is 24.3 Å². The van der Waals surface area contributed by atoms with Crippen LogP contribution in [0.4, 0.5) is 24.7 Å². The van der Waals surface area contributed by atoms with Crippen LogP contribution in [0.2, 0.25) is 0 Å². The summed E-state index contributed by atoms with van der Waals surface area (Å²) < 4.78 is 50.2. The van der Waals surface area contributed by atoms with Crippen molar-refractivity contribution in [2.75, 3.05) is 12.0 Å².